The zero-order chi connectivity index (χ0) is 20.8. The minimum Gasteiger partial charge on any atom is -0.487 e. The lowest BCUT2D eigenvalue weighted by Gasteiger charge is -2.46. The third kappa shape index (κ3) is 4.07. The minimum absolute atomic E-state index is 0.296. The molecule has 156 valence electrons. The SMILES string of the molecule is Cc1ccc([C@H](O)CN2CCC3(CC2)C[C@H](O)c2cc(C)c(C)cc2O3)cc1C. The summed E-state index contributed by atoms with van der Waals surface area (Å²) in [5.74, 6) is 0.843. The first-order valence-electron chi connectivity index (χ1n) is 10.7. The zero-order valence-electron chi connectivity index (χ0n) is 18.0. The van der Waals surface area contributed by atoms with E-state index in [4.69, 9.17) is 4.74 Å². The number of aliphatic hydroxyl groups is 2. The van der Waals surface area contributed by atoms with E-state index in [9.17, 15) is 10.2 Å². The average Bonchev–Trinajstić information content (AvgIpc) is 2.68. The molecule has 29 heavy (non-hydrogen) atoms. The van der Waals surface area contributed by atoms with Crippen molar-refractivity contribution in [1.82, 2.24) is 4.90 Å². The summed E-state index contributed by atoms with van der Waals surface area (Å²) in [6.45, 7) is 10.7. The molecule has 2 N–H and O–H groups in total. The highest BCUT2D eigenvalue weighted by atomic mass is 16.5. The number of aliphatic hydroxyl groups excluding tert-OH is 2. The van der Waals surface area contributed by atoms with E-state index in [-0.39, 0.29) is 5.60 Å². The van der Waals surface area contributed by atoms with Crippen LogP contribution in [0.25, 0.3) is 0 Å². The van der Waals surface area contributed by atoms with Crippen LogP contribution in [0.15, 0.2) is 30.3 Å². The number of hydrogen-bond donors (Lipinski definition) is 2. The third-order valence-corrected chi connectivity index (χ3v) is 6.99. The van der Waals surface area contributed by atoms with E-state index in [2.05, 4.69) is 56.9 Å². The smallest absolute Gasteiger partial charge is 0.126 e. The second-order valence-electron chi connectivity index (χ2n) is 9.14. The molecule has 0 saturated carbocycles. The third-order valence-electron chi connectivity index (χ3n) is 6.99. The number of hydrogen-bond acceptors (Lipinski definition) is 4. The Labute approximate surface area is 174 Å². The van der Waals surface area contributed by atoms with E-state index in [1.165, 1.54) is 22.3 Å². The Kier molecular flexibility index (Phi) is 5.45. The fourth-order valence-corrected chi connectivity index (χ4v) is 4.67. The Bertz CT molecular complexity index is 899. The summed E-state index contributed by atoms with van der Waals surface area (Å²) < 4.78 is 6.48. The van der Waals surface area contributed by atoms with Gasteiger partial charge in [-0.2, -0.15) is 0 Å². The molecule has 2 heterocycles. The monoisotopic (exact) mass is 395 g/mol. The molecule has 1 spiro atoms. The number of likely N-dealkylation sites (tertiary alicyclic amines) is 1. The Morgan fingerprint density at radius 1 is 1.00 bits per heavy atom. The second-order valence-corrected chi connectivity index (χ2v) is 9.14. The molecule has 0 unspecified atom stereocenters. The number of ether oxygens (including phenoxy) is 1. The molecule has 2 atom stereocenters. The van der Waals surface area contributed by atoms with Crippen LogP contribution in [-0.2, 0) is 0 Å². The van der Waals surface area contributed by atoms with Gasteiger partial charge < -0.3 is 19.8 Å². The minimum atomic E-state index is -0.479. The van der Waals surface area contributed by atoms with Crippen molar-refractivity contribution >= 4 is 0 Å². The predicted molar refractivity (Wildman–Crippen MR) is 115 cm³/mol. The van der Waals surface area contributed by atoms with Gasteiger partial charge in [0.2, 0.25) is 0 Å². The molecule has 2 aromatic carbocycles. The van der Waals surface area contributed by atoms with Gasteiger partial charge >= 0.3 is 0 Å². The van der Waals surface area contributed by atoms with E-state index in [1.807, 2.05) is 6.07 Å². The Hall–Kier alpha value is -1.88. The van der Waals surface area contributed by atoms with Crippen molar-refractivity contribution in [3.63, 3.8) is 0 Å². The first-order chi connectivity index (χ1) is 13.8. The molecule has 1 fully saturated rings. The topological polar surface area (TPSA) is 52.9 Å². The van der Waals surface area contributed by atoms with Crippen LogP contribution in [-0.4, -0.2) is 40.3 Å². The van der Waals surface area contributed by atoms with Gasteiger partial charge in [0.05, 0.1) is 12.2 Å². The summed E-state index contributed by atoms with van der Waals surface area (Å²) in [5.41, 5.74) is 6.46. The second kappa shape index (κ2) is 7.75. The lowest BCUT2D eigenvalue weighted by atomic mass is 9.81. The van der Waals surface area contributed by atoms with E-state index >= 15 is 0 Å². The molecule has 0 aromatic heterocycles. The van der Waals surface area contributed by atoms with Crippen molar-refractivity contribution in [2.45, 2.75) is 64.8 Å². The molecule has 0 radical (unpaired) electrons. The van der Waals surface area contributed by atoms with Crippen LogP contribution in [0.2, 0.25) is 0 Å². The van der Waals surface area contributed by atoms with E-state index in [1.54, 1.807) is 0 Å². The molecule has 0 aliphatic carbocycles. The lowest BCUT2D eigenvalue weighted by Crippen LogP contribution is -2.51. The number of nitrogens with zero attached hydrogens (tertiary/aromatic N) is 1. The zero-order valence-corrected chi connectivity index (χ0v) is 18.0. The van der Waals surface area contributed by atoms with Crippen molar-refractivity contribution < 1.29 is 14.9 Å². The maximum Gasteiger partial charge on any atom is 0.126 e. The van der Waals surface area contributed by atoms with Gasteiger partial charge in [-0.15, -0.1) is 0 Å². The molecule has 4 rings (SSSR count). The Morgan fingerprint density at radius 3 is 2.34 bits per heavy atom. The standard InChI is InChI=1S/C25H33NO3/c1-16-5-6-20(11-17(16)2)23(28)15-26-9-7-25(8-10-26)14-22(27)21-12-18(3)19(4)13-24(21)29-25/h5-6,11-13,22-23,27-28H,7-10,14-15H2,1-4H3/t22-,23+/m0/s1. The lowest BCUT2D eigenvalue weighted by molar-refractivity contribution is -0.0588. The normalized spacial score (nSPS) is 22.2. The maximum absolute atomic E-state index is 10.8. The maximum atomic E-state index is 10.8. The Morgan fingerprint density at radius 2 is 1.66 bits per heavy atom. The quantitative estimate of drug-likeness (QED) is 0.813. The van der Waals surface area contributed by atoms with E-state index in [0.717, 1.165) is 42.8 Å². The summed E-state index contributed by atoms with van der Waals surface area (Å²) in [7, 11) is 0. The van der Waals surface area contributed by atoms with Gasteiger partial charge in [0, 0.05) is 31.6 Å². The van der Waals surface area contributed by atoms with Crippen molar-refractivity contribution in [2.75, 3.05) is 19.6 Å². The molecular weight excluding hydrogens is 362 g/mol. The highest BCUT2D eigenvalue weighted by molar-refractivity contribution is 5.45. The van der Waals surface area contributed by atoms with E-state index < -0.39 is 12.2 Å². The predicted octanol–water partition coefficient (Wildman–Crippen LogP) is 4.30. The first-order valence-corrected chi connectivity index (χ1v) is 10.7. The molecule has 2 aliphatic heterocycles. The molecule has 2 aliphatic rings. The molecule has 0 amide bonds. The van der Waals surface area contributed by atoms with Crippen LogP contribution < -0.4 is 4.74 Å². The fourth-order valence-electron chi connectivity index (χ4n) is 4.67. The number of fused-ring (bicyclic) bond motifs is 1. The van der Waals surface area contributed by atoms with Crippen LogP contribution in [0.4, 0.5) is 0 Å². The van der Waals surface area contributed by atoms with Gasteiger partial charge in [0.25, 0.3) is 0 Å². The van der Waals surface area contributed by atoms with Crippen molar-refractivity contribution in [3.8, 4) is 5.75 Å². The molecule has 4 nitrogen and oxygen atoms in total. The molecule has 0 bridgehead atoms. The van der Waals surface area contributed by atoms with Gasteiger partial charge in [-0.05, 0) is 80.5 Å². The molecule has 1 saturated heterocycles. The van der Waals surface area contributed by atoms with E-state index in [0.29, 0.717) is 13.0 Å². The van der Waals surface area contributed by atoms with Crippen molar-refractivity contribution in [3.05, 3.63) is 63.7 Å². The van der Waals surface area contributed by atoms with Crippen molar-refractivity contribution in [1.29, 1.82) is 0 Å². The molecule has 2 aromatic rings. The van der Waals surface area contributed by atoms with Gasteiger partial charge in [-0.1, -0.05) is 18.2 Å². The van der Waals surface area contributed by atoms with Crippen molar-refractivity contribution in [2.24, 2.45) is 0 Å². The van der Waals surface area contributed by atoms with Crippen LogP contribution in [0.3, 0.4) is 0 Å². The highest BCUT2D eigenvalue weighted by Crippen LogP contribution is 2.45. The summed E-state index contributed by atoms with van der Waals surface area (Å²) in [6.07, 6.45) is 1.45. The van der Waals surface area contributed by atoms with Gasteiger partial charge in [0.15, 0.2) is 0 Å². The highest BCUT2D eigenvalue weighted by Gasteiger charge is 2.43. The number of rotatable bonds is 3. The number of aryl methyl sites for hydroxylation is 4. The van der Waals surface area contributed by atoms with Crippen LogP contribution in [0, 0.1) is 27.7 Å². The van der Waals surface area contributed by atoms with Gasteiger partial charge in [-0.3, -0.25) is 0 Å². The number of benzene rings is 2. The van der Waals surface area contributed by atoms with Crippen LogP contribution in [0.5, 0.6) is 5.75 Å². The van der Waals surface area contributed by atoms with Crippen LogP contribution >= 0.6 is 0 Å². The average molecular weight is 396 g/mol. The number of β-amino-alcohol motifs (C(OH)–C–C–N with tert-alkyl or cyclic N) is 1. The summed E-state index contributed by atoms with van der Waals surface area (Å²) >= 11 is 0. The van der Waals surface area contributed by atoms with Gasteiger partial charge in [-0.25, -0.2) is 0 Å². The first kappa shape index (κ1) is 20.4. The van der Waals surface area contributed by atoms with Gasteiger partial charge in [0.1, 0.15) is 11.4 Å². The largest absolute Gasteiger partial charge is 0.487 e. The Balaban J connectivity index is 1.41. The molecular formula is C25H33NO3. The fraction of sp³-hybridized carbons (Fsp3) is 0.520. The number of piperidine rings is 1. The summed E-state index contributed by atoms with van der Waals surface area (Å²) in [5, 5.41) is 21.5. The summed E-state index contributed by atoms with van der Waals surface area (Å²) in [6, 6.07) is 10.3. The van der Waals surface area contributed by atoms with Crippen LogP contribution in [0.1, 0.15) is 64.9 Å². The summed E-state index contributed by atoms with van der Waals surface area (Å²) in [4.78, 5) is 2.32. The molecule has 4 heteroatoms.